The molecule has 0 bridgehead atoms. The number of rotatable bonds is 8. The van der Waals surface area contributed by atoms with Gasteiger partial charge in [0.1, 0.15) is 17.9 Å². The predicted octanol–water partition coefficient (Wildman–Crippen LogP) is 3.85. The zero-order valence-electron chi connectivity index (χ0n) is 14.2. The van der Waals surface area contributed by atoms with Gasteiger partial charge in [0.05, 0.1) is 9.99 Å². The fraction of sp³-hybridized carbons (Fsp3) is 0.389. The van der Waals surface area contributed by atoms with Crippen molar-refractivity contribution in [3.05, 3.63) is 40.5 Å². The zero-order valence-corrected chi connectivity index (χ0v) is 15.7. The number of hydrogen-bond donors (Lipinski definition) is 1. The molecule has 1 saturated carbocycles. The van der Waals surface area contributed by atoms with Crippen molar-refractivity contribution in [2.24, 2.45) is 5.92 Å². The summed E-state index contributed by atoms with van der Waals surface area (Å²) in [5.74, 6) is 1.84. The molecular weight excluding hydrogens is 401 g/mol. The summed E-state index contributed by atoms with van der Waals surface area (Å²) >= 11 is 3.59. The number of nitrogens with zero attached hydrogens (tertiary/aromatic N) is 4. The van der Waals surface area contributed by atoms with Gasteiger partial charge in [-0.1, -0.05) is 11.3 Å². The molecule has 4 rings (SSSR count). The standard InChI is InChI=1S/C18H19BrFN5O/c19-16-15(26-18-13(2-1-8-22-18)10-21-9-7-20)6-5-14-17(16)23-24-25(14)11-12-3-4-12/h1-2,5-6,8,12,21H,3-4,7,9-11H2. The molecule has 3 aromatic rings. The molecule has 0 radical (unpaired) electrons. The van der Waals surface area contributed by atoms with E-state index in [1.807, 2.05) is 28.9 Å². The van der Waals surface area contributed by atoms with Crippen LogP contribution in [0.3, 0.4) is 0 Å². The lowest BCUT2D eigenvalue weighted by Gasteiger charge is -2.11. The third-order valence-corrected chi connectivity index (χ3v) is 5.13. The number of ether oxygens (including phenoxy) is 1. The van der Waals surface area contributed by atoms with E-state index in [2.05, 4.69) is 36.5 Å². The Morgan fingerprint density at radius 3 is 3.00 bits per heavy atom. The summed E-state index contributed by atoms with van der Waals surface area (Å²) in [6, 6.07) is 7.61. The highest BCUT2D eigenvalue weighted by atomic mass is 79.9. The largest absolute Gasteiger partial charge is 0.437 e. The van der Waals surface area contributed by atoms with E-state index in [9.17, 15) is 4.39 Å². The number of halogens is 2. The molecule has 0 atom stereocenters. The number of alkyl halides is 1. The number of fused-ring (bicyclic) bond motifs is 1. The second kappa shape index (κ2) is 7.67. The lowest BCUT2D eigenvalue weighted by atomic mass is 10.2. The van der Waals surface area contributed by atoms with Crippen LogP contribution >= 0.6 is 15.9 Å². The second-order valence-electron chi connectivity index (χ2n) is 6.40. The van der Waals surface area contributed by atoms with Crippen LogP contribution in [0.2, 0.25) is 0 Å². The summed E-state index contributed by atoms with van der Waals surface area (Å²) in [5.41, 5.74) is 2.63. The van der Waals surface area contributed by atoms with Gasteiger partial charge in [-0.2, -0.15) is 0 Å². The zero-order chi connectivity index (χ0) is 17.9. The Balaban J connectivity index is 1.58. The van der Waals surface area contributed by atoms with Crippen LogP contribution in [0.25, 0.3) is 11.0 Å². The molecule has 1 fully saturated rings. The lowest BCUT2D eigenvalue weighted by Crippen LogP contribution is -2.16. The highest BCUT2D eigenvalue weighted by molar-refractivity contribution is 9.10. The molecule has 1 aromatic carbocycles. The maximum Gasteiger partial charge on any atom is 0.223 e. The molecule has 2 heterocycles. The van der Waals surface area contributed by atoms with Gasteiger partial charge >= 0.3 is 0 Å². The molecule has 8 heteroatoms. The monoisotopic (exact) mass is 419 g/mol. The molecule has 1 N–H and O–H groups in total. The Kier molecular flexibility index (Phi) is 5.12. The van der Waals surface area contributed by atoms with Crippen molar-refractivity contribution >= 4 is 27.0 Å². The normalized spacial score (nSPS) is 14.1. The Hall–Kier alpha value is -2.06. The molecule has 0 unspecified atom stereocenters. The Bertz CT molecular complexity index is 912. The Morgan fingerprint density at radius 1 is 1.31 bits per heavy atom. The minimum atomic E-state index is -0.408. The van der Waals surface area contributed by atoms with Crippen molar-refractivity contribution in [2.45, 2.75) is 25.9 Å². The van der Waals surface area contributed by atoms with E-state index in [0.717, 1.165) is 33.5 Å². The van der Waals surface area contributed by atoms with E-state index in [0.29, 0.717) is 24.7 Å². The molecule has 6 nitrogen and oxygen atoms in total. The first-order valence-electron chi connectivity index (χ1n) is 8.66. The minimum Gasteiger partial charge on any atom is -0.437 e. The quantitative estimate of drug-likeness (QED) is 0.561. The van der Waals surface area contributed by atoms with Gasteiger partial charge in [-0.15, -0.1) is 5.10 Å². The van der Waals surface area contributed by atoms with Gasteiger partial charge in [-0.25, -0.2) is 14.1 Å². The topological polar surface area (TPSA) is 64.9 Å². The van der Waals surface area contributed by atoms with Crippen LogP contribution in [-0.4, -0.2) is 33.2 Å². The number of benzene rings is 1. The third-order valence-electron chi connectivity index (χ3n) is 4.36. The summed E-state index contributed by atoms with van der Waals surface area (Å²) in [7, 11) is 0. The second-order valence-corrected chi connectivity index (χ2v) is 7.19. The summed E-state index contributed by atoms with van der Waals surface area (Å²) in [6.07, 6.45) is 4.21. The fourth-order valence-corrected chi connectivity index (χ4v) is 3.28. The number of hydrogen-bond acceptors (Lipinski definition) is 5. The SMILES string of the molecule is FCCNCc1cccnc1Oc1ccc2c(nnn2CC2CC2)c1Br. The number of nitrogens with one attached hydrogen (secondary N) is 1. The molecule has 0 aliphatic heterocycles. The van der Waals surface area contributed by atoms with Crippen molar-refractivity contribution in [2.75, 3.05) is 13.2 Å². The summed E-state index contributed by atoms with van der Waals surface area (Å²) in [6.45, 7) is 1.29. The highest BCUT2D eigenvalue weighted by Gasteiger charge is 2.24. The van der Waals surface area contributed by atoms with Crippen LogP contribution in [0.1, 0.15) is 18.4 Å². The van der Waals surface area contributed by atoms with E-state index in [1.165, 1.54) is 12.8 Å². The maximum absolute atomic E-state index is 12.3. The molecule has 1 aliphatic rings. The average Bonchev–Trinajstić information content (AvgIpc) is 3.37. The van der Waals surface area contributed by atoms with E-state index >= 15 is 0 Å². The maximum atomic E-state index is 12.3. The smallest absolute Gasteiger partial charge is 0.223 e. The molecule has 2 aromatic heterocycles. The lowest BCUT2D eigenvalue weighted by molar-refractivity contribution is 0.442. The van der Waals surface area contributed by atoms with Gasteiger partial charge in [0.15, 0.2) is 0 Å². The van der Waals surface area contributed by atoms with Gasteiger partial charge in [-0.3, -0.25) is 0 Å². The van der Waals surface area contributed by atoms with Gasteiger partial charge in [0.25, 0.3) is 0 Å². The molecule has 26 heavy (non-hydrogen) atoms. The van der Waals surface area contributed by atoms with Crippen molar-refractivity contribution in [1.82, 2.24) is 25.3 Å². The molecular formula is C18H19BrFN5O. The summed E-state index contributed by atoms with van der Waals surface area (Å²) < 4.78 is 21.0. The Labute approximate surface area is 158 Å². The molecule has 136 valence electrons. The third kappa shape index (κ3) is 3.71. The van der Waals surface area contributed by atoms with Gasteiger partial charge in [-0.05, 0) is 52.9 Å². The van der Waals surface area contributed by atoms with E-state index < -0.39 is 6.67 Å². The predicted molar refractivity (Wildman–Crippen MR) is 99.9 cm³/mol. The first-order valence-corrected chi connectivity index (χ1v) is 9.45. The van der Waals surface area contributed by atoms with Crippen molar-refractivity contribution in [1.29, 1.82) is 0 Å². The van der Waals surface area contributed by atoms with Crippen LogP contribution in [0.4, 0.5) is 4.39 Å². The van der Waals surface area contributed by atoms with Gasteiger partial charge in [0, 0.05) is 31.4 Å². The van der Waals surface area contributed by atoms with Gasteiger partial charge < -0.3 is 10.1 Å². The van der Waals surface area contributed by atoms with Crippen molar-refractivity contribution in [3.63, 3.8) is 0 Å². The minimum absolute atomic E-state index is 0.300. The molecule has 1 aliphatic carbocycles. The molecule has 0 spiro atoms. The van der Waals surface area contributed by atoms with Crippen LogP contribution < -0.4 is 10.1 Å². The van der Waals surface area contributed by atoms with E-state index in [-0.39, 0.29) is 0 Å². The molecule has 0 saturated heterocycles. The highest BCUT2D eigenvalue weighted by Crippen LogP contribution is 2.36. The van der Waals surface area contributed by atoms with E-state index in [4.69, 9.17) is 4.74 Å². The van der Waals surface area contributed by atoms with Crippen LogP contribution in [0.15, 0.2) is 34.9 Å². The summed E-state index contributed by atoms with van der Waals surface area (Å²) in [5, 5.41) is 11.6. The summed E-state index contributed by atoms with van der Waals surface area (Å²) in [4.78, 5) is 4.31. The number of pyridine rings is 1. The average molecular weight is 420 g/mol. The van der Waals surface area contributed by atoms with Crippen molar-refractivity contribution < 1.29 is 9.13 Å². The van der Waals surface area contributed by atoms with Crippen LogP contribution in [0.5, 0.6) is 11.6 Å². The first-order chi connectivity index (χ1) is 12.8. The molecule has 0 amide bonds. The van der Waals surface area contributed by atoms with Gasteiger partial charge in [0.2, 0.25) is 5.88 Å². The first kappa shape index (κ1) is 17.4. The van der Waals surface area contributed by atoms with Crippen LogP contribution in [0, 0.1) is 5.92 Å². The fourth-order valence-electron chi connectivity index (χ4n) is 2.79. The van der Waals surface area contributed by atoms with E-state index in [1.54, 1.807) is 6.20 Å². The van der Waals surface area contributed by atoms with Crippen molar-refractivity contribution in [3.8, 4) is 11.6 Å². The Morgan fingerprint density at radius 2 is 2.19 bits per heavy atom. The van der Waals surface area contributed by atoms with Crippen LogP contribution in [-0.2, 0) is 13.1 Å². The number of aromatic nitrogens is 4.